The SMILES string of the molecule is C=C(C#N)/C=C\C(=C/C)N(C)c1ccccc1. The highest BCUT2D eigenvalue weighted by Gasteiger charge is 2.02. The Morgan fingerprint density at radius 2 is 1.94 bits per heavy atom. The molecule has 0 bridgehead atoms. The van der Waals surface area contributed by atoms with Gasteiger partial charge in [-0.2, -0.15) is 5.26 Å². The van der Waals surface area contributed by atoms with Crippen LogP contribution in [0, 0.1) is 11.3 Å². The van der Waals surface area contributed by atoms with Gasteiger partial charge in [-0.15, -0.1) is 0 Å². The number of hydrogen-bond donors (Lipinski definition) is 0. The summed E-state index contributed by atoms with van der Waals surface area (Å²) >= 11 is 0. The maximum Gasteiger partial charge on any atom is 0.0985 e. The lowest BCUT2D eigenvalue weighted by Crippen LogP contribution is -2.14. The molecule has 0 saturated heterocycles. The lowest BCUT2D eigenvalue weighted by Gasteiger charge is -2.20. The predicted molar refractivity (Wildman–Crippen MR) is 72.5 cm³/mol. The summed E-state index contributed by atoms with van der Waals surface area (Å²) < 4.78 is 0. The fourth-order valence-electron chi connectivity index (χ4n) is 1.43. The maximum atomic E-state index is 8.64. The second-order valence-electron chi connectivity index (χ2n) is 3.58. The van der Waals surface area contributed by atoms with Crippen molar-refractivity contribution in [2.24, 2.45) is 0 Å². The van der Waals surface area contributed by atoms with Gasteiger partial charge in [0, 0.05) is 24.0 Å². The zero-order chi connectivity index (χ0) is 12.7. The van der Waals surface area contributed by atoms with Crippen LogP contribution in [0.15, 0.2) is 66.4 Å². The Hall–Kier alpha value is -2.27. The standard InChI is InChI=1S/C15H16N2/c1-4-14(11-10-13(2)12-16)17(3)15-8-6-5-7-9-15/h4-11H,2H2,1,3H3/b11-10-,14-4+. The molecule has 0 unspecified atom stereocenters. The monoisotopic (exact) mass is 224 g/mol. The molecule has 17 heavy (non-hydrogen) atoms. The second kappa shape index (κ2) is 6.34. The highest BCUT2D eigenvalue weighted by atomic mass is 15.1. The van der Waals surface area contributed by atoms with E-state index in [2.05, 4.69) is 11.5 Å². The van der Waals surface area contributed by atoms with Crippen molar-refractivity contribution in [1.82, 2.24) is 0 Å². The summed E-state index contributed by atoms with van der Waals surface area (Å²) in [5.74, 6) is 0. The van der Waals surface area contributed by atoms with Crippen LogP contribution < -0.4 is 4.90 Å². The minimum absolute atomic E-state index is 0.450. The van der Waals surface area contributed by atoms with E-state index in [-0.39, 0.29) is 0 Å². The lowest BCUT2D eigenvalue weighted by molar-refractivity contribution is 1.13. The molecule has 0 aromatic heterocycles. The van der Waals surface area contributed by atoms with E-state index < -0.39 is 0 Å². The number of nitriles is 1. The second-order valence-corrected chi connectivity index (χ2v) is 3.58. The maximum absolute atomic E-state index is 8.64. The van der Waals surface area contributed by atoms with Crippen molar-refractivity contribution in [2.45, 2.75) is 6.92 Å². The molecule has 1 aromatic rings. The molecule has 0 aliphatic rings. The lowest BCUT2D eigenvalue weighted by atomic mass is 10.2. The zero-order valence-corrected chi connectivity index (χ0v) is 10.2. The summed E-state index contributed by atoms with van der Waals surface area (Å²) in [6.45, 7) is 5.58. The third kappa shape index (κ3) is 3.66. The van der Waals surface area contributed by atoms with Crippen LogP contribution in [0.4, 0.5) is 5.69 Å². The first-order valence-electron chi connectivity index (χ1n) is 5.41. The van der Waals surface area contributed by atoms with Gasteiger partial charge >= 0.3 is 0 Å². The van der Waals surface area contributed by atoms with Crippen LogP contribution in [0.2, 0.25) is 0 Å². The highest BCUT2D eigenvalue weighted by Crippen LogP contribution is 2.17. The Labute approximate surface area is 103 Å². The summed E-state index contributed by atoms with van der Waals surface area (Å²) in [6.07, 6.45) is 5.60. The van der Waals surface area contributed by atoms with Crippen LogP contribution in [0.5, 0.6) is 0 Å². The van der Waals surface area contributed by atoms with Crippen LogP contribution in [0.3, 0.4) is 0 Å². The minimum atomic E-state index is 0.450. The molecule has 0 atom stereocenters. The Balaban J connectivity index is 2.87. The summed E-state index contributed by atoms with van der Waals surface area (Å²) in [5, 5.41) is 8.64. The first-order chi connectivity index (χ1) is 8.19. The van der Waals surface area contributed by atoms with E-state index >= 15 is 0 Å². The van der Waals surface area contributed by atoms with E-state index in [9.17, 15) is 0 Å². The van der Waals surface area contributed by atoms with Crippen molar-refractivity contribution in [1.29, 1.82) is 5.26 Å². The van der Waals surface area contributed by atoms with Crippen LogP contribution in [-0.4, -0.2) is 7.05 Å². The van der Waals surface area contributed by atoms with Gasteiger partial charge in [0.05, 0.1) is 6.07 Å². The van der Waals surface area contributed by atoms with E-state index in [0.717, 1.165) is 11.4 Å². The fraction of sp³-hybridized carbons (Fsp3) is 0.133. The number of allylic oxidation sites excluding steroid dienone is 4. The molecular weight excluding hydrogens is 208 g/mol. The Bertz CT molecular complexity index is 475. The van der Waals surface area contributed by atoms with Crippen LogP contribution in [-0.2, 0) is 0 Å². The molecule has 0 saturated carbocycles. The van der Waals surface area contributed by atoms with Crippen LogP contribution >= 0.6 is 0 Å². The number of likely N-dealkylation sites (N-methyl/N-ethyl adjacent to an activating group) is 1. The Kier molecular flexibility index (Phi) is 4.77. The van der Waals surface area contributed by atoms with E-state index in [4.69, 9.17) is 5.26 Å². The molecule has 0 aliphatic carbocycles. The van der Waals surface area contributed by atoms with Crippen molar-refractivity contribution < 1.29 is 0 Å². The molecule has 2 heteroatoms. The normalized spacial score (nSPS) is 11.2. The molecule has 0 fully saturated rings. The van der Waals surface area contributed by atoms with Crippen LogP contribution in [0.25, 0.3) is 0 Å². The average Bonchev–Trinajstić information content (AvgIpc) is 2.39. The van der Waals surface area contributed by atoms with E-state index in [1.165, 1.54) is 0 Å². The molecule has 0 aliphatic heterocycles. The third-order valence-corrected chi connectivity index (χ3v) is 2.43. The van der Waals surface area contributed by atoms with Crippen molar-refractivity contribution >= 4 is 5.69 Å². The molecule has 0 N–H and O–H groups in total. The Morgan fingerprint density at radius 3 is 2.47 bits per heavy atom. The van der Waals surface area contributed by atoms with Crippen molar-refractivity contribution in [3.8, 4) is 6.07 Å². The fourth-order valence-corrected chi connectivity index (χ4v) is 1.43. The van der Waals surface area contributed by atoms with Crippen molar-refractivity contribution in [3.05, 3.63) is 66.4 Å². The van der Waals surface area contributed by atoms with Gasteiger partial charge in [0.25, 0.3) is 0 Å². The van der Waals surface area contributed by atoms with Crippen molar-refractivity contribution in [2.75, 3.05) is 11.9 Å². The molecule has 86 valence electrons. The summed E-state index contributed by atoms with van der Waals surface area (Å²) in [7, 11) is 1.99. The third-order valence-electron chi connectivity index (χ3n) is 2.43. The molecule has 0 radical (unpaired) electrons. The quantitative estimate of drug-likeness (QED) is 0.576. The van der Waals surface area contributed by atoms with Gasteiger partial charge in [0.1, 0.15) is 0 Å². The van der Waals surface area contributed by atoms with Gasteiger partial charge in [0.2, 0.25) is 0 Å². The van der Waals surface area contributed by atoms with Gasteiger partial charge in [-0.1, -0.05) is 30.9 Å². The van der Waals surface area contributed by atoms with Crippen LogP contribution in [0.1, 0.15) is 6.92 Å². The van der Waals surface area contributed by atoms with Gasteiger partial charge in [-0.25, -0.2) is 0 Å². The first kappa shape index (κ1) is 12.8. The van der Waals surface area contributed by atoms with E-state index in [1.807, 2.05) is 62.5 Å². The minimum Gasteiger partial charge on any atom is -0.345 e. The summed E-state index contributed by atoms with van der Waals surface area (Å²) in [5.41, 5.74) is 2.58. The number of hydrogen-bond acceptors (Lipinski definition) is 2. The number of nitrogens with zero attached hydrogens (tertiary/aromatic N) is 2. The number of para-hydroxylation sites is 1. The zero-order valence-electron chi connectivity index (χ0n) is 10.2. The predicted octanol–water partition coefficient (Wildman–Crippen LogP) is 3.66. The molecule has 1 aromatic carbocycles. The average molecular weight is 224 g/mol. The Morgan fingerprint density at radius 1 is 1.29 bits per heavy atom. The summed E-state index contributed by atoms with van der Waals surface area (Å²) in [4.78, 5) is 2.06. The number of rotatable bonds is 4. The molecule has 0 spiro atoms. The first-order valence-corrected chi connectivity index (χ1v) is 5.41. The molecule has 2 nitrogen and oxygen atoms in total. The summed E-state index contributed by atoms with van der Waals surface area (Å²) in [6, 6.07) is 12.1. The topological polar surface area (TPSA) is 27.0 Å². The molecular formula is C15H16N2. The van der Waals surface area contributed by atoms with Gasteiger partial charge < -0.3 is 4.90 Å². The molecule has 0 amide bonds. The van der Waals surface area contributed by atoms with Gasteiger partial charge in [0.15, 0.2) is 0 Å². The van der Waals surface area contributed by atoms with Gasteiger partial charge in [-0.3, -0.25) is 0 Å². The molecule has 0 heterocycles. The molecule has 1 rings (SSSR count). The highest BCUT2D eigenvalue weighted by molar-refractivity contribution is 5.54. The van der Waals surface area contributed by atoms with Gasteiger partial charge in [-0.05, 0) is 31.2 Å². The van der Waals surface area contributed by atoms with E-state index in [0.29, 0.717) is 5.57 Å². The van der Waals surface area contributed by atoms with E-state index in [1.54, 1.807) is 6.08 Å². The smallest absolute Gasteiger partial charge is 0.0985 e. The number of anilines is 1. The number of benzene rings is 1. The largest absolute Gasteiger partial charge is 0.345 e. The van der Waals surface area contributed by atoms with Crippen molar-refractivity contribution in [3.63, 3.8) is 0 Å².